The summed E-state index contributed by atoms with van der Waals surface area (Å²) in [7, 11) is 1.61. The average Bonchev–Trinajstić information content (AvgIpc) is 2.90. The van der Waals surface area contributed by atoms with E-state index >= 15 is 0 Å². The van der Waals surface area contributed by atoms with Crippen molar-refractivity contribution in [2.45, 2.75) is 20.0 Å². The lowest BCUT2D eigenvalue weighted by atomic mass is 10.1. The first-order valence-electron chi connectivity index (χ1n) is 6.94. The summed E-state index contributed by atoms with van der Waals surface area (Å²) in [5.41, 5.74) is 2.18. The highest BCUT2D eigenvalue weighted by Crippen LogP contribution is 2.25. The third kappa shape index (κ3) is 3.33. The molecule has 1 aliphatic heterocycles. The Hall–Kier alpha value is -2.08. The van der Waals surface area contributed by atoms with Gasteiger partial charge in [0.1, 0.15) is 0 Å². The number of rotatable bonds is 5. The fraction of sp³-hybridized carbons (Fsp3) is 0.467. The maximum Gasteiger partial charge on any atom is 0.335 e. The van der Waals surface area contributed by atoms with Crippen molar-refractivity contribution in [3.05, 3.63) is 34.9 Å². The first kappa shape index (κ1) is 15.3. The number of carbonyl (C=O) groups excluding carboxylic acids is 1. The van der Waals surface area contributed by atoms with Crippen LogP contribution in [0.25, 0.3) is 0 Å². The largest absolute Gasteiger partial charge is 0.478 e. The van der Waals surface area contributed by atoms with Gasteiger partial charge in [-0.15, -0.1) is 0 Å². The summed E-state index contributed by atoms with van der Waals surface area (Å²) in [6, 6.07) is 4.98. The molecule has 1 aromatic carbocycles. The minimum Gasteiger partial charge on any atom is -0.478 e. The van der Waals surface area contributed by atoms with Crippen LogP contribution in [0, 0.1) is 0 Å². The molecule has 114 valence electrons. The van der Waals surface area contributed by atoms with E-state index in [1.165, 1.54) is 0 Å². The summed E-state index contributed by atoms with van der Waals surface area (Å²) >= 11 is 0. The van der Waals surface area contributed by atoms with Gasteiger partial charge in [-0.25, -0.2) is 9.59 Å². The van der Waals surface area contributed by atoms with E-state index in [0.717, 1.165) is 11.1 Å². The molecule has 21 heavy (non-hydrogen) atoms. The highest BCUT2D eigenvalue weighted by molar-refractivity contribution is 5.88. The summed E-state index contributed by atoms with van der Waals surface area (Å²) < 4.78 is 5.01. The standard InChI is InChI=1S/C15H20N2O4/c1-3-16(6-7-21-2)15(20)17-9-12-5-4-11(14(18)19)8-13(12)10-17/h4-5,8H,3,6-7,9-10H2,1-2H3,(H,18,19). The van der Waals surface area contributed by atoms with E-state index in [1.807, 2.05) is 6.92 Å². The summed E-state index contributed by atoms with van der Waals surface area (Å²) in [4.78, 5) is 26.9. The number of aromatic carboxylic acids is 1. The summed E-state index contributed by atoms with van der Waals surface area (Å²) in [6.45, 7) is 4.59. The fourth-order valence-electron chi connectivity index (χ4n) is 2.45. The zero-order valence-electron chi connectivity index (χ0n) is 12.3. The van der Waals surface area contributed by atoms with E-state index in [0.29, 0.717) is 32.8 Å². The Balaban J connectivity index is 2.07. The molecule has 0 bridgehead atoms. The van der Waals surface area contributed by atoms with Crippen LogP contribution in [0.3, 0.4) is 0 Å². The molecule has 6 nitrogen and oxygen atoms in total. The predicted octanol–water partition coefficient (Wildman–Crippen LogP) is 1.79. The Morgan fingerprint density at radius 1 is 1.33 bits per heavy atom. The molecule has 2 rings (SSSR count). The van der Waals surface area contributed by atoms with Crippen LogP contribution in [-0.4, -0.2) is 53.7 Å². The number of methoxy groups -OCH3 is 1. The number of hydrogen-bond acceptors (Lipinski definition) is 3. The van der Waals surface area contributed by atoms with Crippen molar-refractivity contribution in [1.29, 1.82) is 0 Å². The normalized spacial score (nSPS) is 13.1. The minimum atomic E-state index is -0.946. The Labute approximate surface area is 123 Å². The fourth-order valence-corrected chi connectivity index (χ4v) is 2.45. The molecule has 1 heterocycles. The molecular weight excluding hydrogens is 272 g/mol. The van der Waals surface area contributed by atoms with Crippen molar-refractivity contribution in [3.8, 4) is 0 Å². The van der Waals surface area contributed by atoms with Crippen molar-refractivity contribution in [2.24, 2.45) is 0 Å². The monoisotopic (exact) mass is 292 g/mol. The number of ether oxygens (including phenoxy) is 1. The lowest BCUT2D eigenvalue weighted by molar-refractivity contribution is 0.0696. The molecule has 1 aromatic rings. The molecule has 0 atom stereocenters. The van der Waals surface area contributed by atoms with Gasteiger partial charge in [-0.1, -0.05) is 6.07 Å². The molecular formula is C15H20N2O4. The van der Waals surface area contributed by atoms with Gasteiger partial charge in [-0.2, -0.15) is 0 Å². The van der Waals surface area contributed by atoms with Crippen LogP contribution in [-0.2, 0) is 17.8 Å². The molecule has 0 saturated heterocycles. The van der Waals surface area contributed by atoms with Crippen LogP contribution in [0.1, 0.15) is 28.4 Å². The molecule has 0 spiro atoms. The van der Waals surface area contributed by atoms with Crippen LogP contribution in [0.15, 0.2) is 18.2 Å². The third-order valence-corrected chi connectivity index (χ3v) is 3.66. The van der Waals surface area contributed by atoms with Crippen LogP contribution < -0.4 is 0 Å². The molecule has 2 amide bonds. The smallest absolute Gasteiger partial charge is 0.335 e. The Kier molecular flexibility index (Phi) is 4.80. The second-order valence-corrected chi connectivity index (χ2v) is 5.00. The number of fused-ring (bicyclic) bond motifs is 1. The van der Waals surface area contributed by atoms with Gasteiger partial charge in [-0.3, -0.25) is 0 Å². The maximum absolute atomic E-state index is 12.4. The van der Waals surface area contributed by atoms with Crippen LogP contribution in [0.2, 0.25) is 0 Å². The maximum atomic E-state index is 12.4. The van der Waals surface area contributed by atoms with Crippen molar-refractivity contribution in [1.82, 2.24) is 9.80 Å². The molecule has 0 fully saturated rings. The van der Waals surface area contributed by atoms with Gasteiger partial charge in [-0.05, 0) is 30.2 Å². The van der Waals surface area contributed by atoms with Crippen molar-refractivity contribution in [2.75, 3.05) is 26.8 Å². The molecule has 0 radical (unpaired) electrons. The zero-order chi connectivity index (χ0) is 15.4. The second kappa shape index (κ2) is 6.58. The molecule has 6 heteroatoms. The van der Waals surface area contributed by atoms with E-state index in [4.69, 9.17) is 9.84 Å². The topological polar surface area (TPSA) is 70.1 Å². The third-order valence-electron chi connectivity index (χ3n) is 3.66. The number of hydrogen-bond donors (Lipinski definition) is 1. The molecule has 0 aliphatic carbocycles. The molecule has 0 aromatic heterocycles. The number of likely N-dealkylation sites (N-methyl/N-ethyl adjacent to an activating group) is 1. The molecule has 0 unspecified atom stereocenters. The molecule has 0 saturated carbocycles. The molecule has 1 N–H and O–H groups in total. The van der Waals surface area contributed by atoms with E-state index in [-0.39, 0.29) is 11.6 Å². The predicted molar refractivity (Wildman–Crippen MR) is 77.2 cm³/mol. The van der Waals surface area contributed by atoms with E-state index in [2.05, 4.69) is 0 Å². The summed E-state index contributed by atoms with van der Waals surface area (Å²) in [5, 5.41) is 9.01. The number of carboxylic acid groups (broad SMARTS) is 1. The lowest BCUT2D eigenvalue weighted by Gasteiger charge is -2.26. The van der Waals surface area contributed by atoms with Crippen molar-refractivity contribution in [3.63, 3.8) is 0 Å². The number of carboxylic acids is 1. The average molecular weight is 292 g/mol. The first-order chi connectivity index (χ1) is 10.1. The quantitative estimate of drug-likeness (QED) is 0.898. The van der Waals surface area contributed by atoms with Gasteiger partial charge in [0.15, 0.2) is 0 Å². The van der Waals surface area contributed by atoms with Gasteiger partial charge in [0.05, 0.1) is 12.2 Å². The molecule has 1 aliphatic rings. The van der Waals surface area contributed by atoms with Gasteiger partial charge >= 0.3 is 12.0 Å². The number of benzene rings is 1. The van der Waals surface area contributed by atoms with E-state index in [9.17, 15) is 9.59 Å². The zero-order valence-corrected chi connectivity index (χ0v) is 12.3. The van der Waals surface area contributed by atoms with Gasteiger partial charge < -0.3 is 19.6 Å². The lowest BCUT2D eigenvalue weighted by Crippen LogP contribution is -2.42. The number of amides is 2. The van der Waals surface area contributed by atoms with Gasteiger partial charge in [0, 0.05) is 33.3 Å². The Morgan fingerprint density at radius 3 is 2.67 bits per heavy atom. The minimum absolute atomic E-state index is 0.0392. The Bertz CT molecular complexity index is 544. The first-order valence-corrected chi connectivity index (χ1v) is 6.94. The Morgan fingerprint density at radius 2 is 2.05 bits per heavy atom. The van der Waals surface area contributed by atoms with Crippen LogP contribution in [0.4, 0.5) is 4.79 Å². The van der Waals surface area contributed by atoms with E-state index < -0.39 is 5.97 Å². The van der Waals surface area contributed by atoms with Gasteiger partial charge in [0.25, 0.3) is 0 Å². The number of nitrogens with zero attached hydrogens (tertiary/aromatic N) is 2. The highest BCUT2D eigenvalue weighted by atomic mass is 16.5. The highest BCUT2D eigenvalue weighted by Gasteiger charge is 2.27. The summed E-state index contributed by atoms with van der Waals surface area (Å²) in [5.74, 6) is -0.946. The van der Waals surface area contributed by atoms with E-state index in [1.54, 1.807) is 35.1 Å². The second-order valence-electron chi connectivity index (χ2n) is 5.00. The van der Waals surface area contributed by atoms with Crippen LogP contribution >= 0.6 is 0 Å². The SMILES string of the molecule is CCN(CCOC)C(=O)N1Cc2ccc(C(=O)O)cc2C1. The number of carbonyl (C=O) groups is 2. The van der Waals surface area contributed by atoms with Crippen molar-refractivity contribution >= 4 is 12.0 Å². The van der Waals surface area contributed by atoms with Gasteiger partial charge in [0.2, 0.25) is 0 Å². The van der Waals surface area contributed by atoms with Crippen LogP contribution in [0.5, 0.6) is 0 Å². The van der Waals surface area contributed by atoms with Crippen molar-refractivity contribution < 1.29 is 19.4 Å². The number of urea groups is 1. The summed E-state index contributed by atoms with van der Waals surface area (Å²) in [6.07, 6.45) is 0.